The second-order valence-corrected chi connectivity index (χ2v) is 9.97. The smallest absolute Gasteiger partial charge is 0.243 e. The quantitative estimate of drug-likeness (QED) is 0.391. The molecule has 0 saturated heterocycles. The van der Waals surface area contributed by atoms with Crippen LogP contribution in [0.2, 0.25) is 0 Å². The van der Waals surface area contributed by atoms with Gasteiger partial charge in [-0.2, -0.15) is 0 Å². The van der Waals surface area contributed by atoms with Crippen molar-refractivity contribution in [3.63, 3.8) is 0 Å². The lowest BCUT2D eigenvalue weighted by atomic mass is 10.0. The average molecular weight is 475 g/mol. The molecule has 0 aliphatic heterocycles. The Bertz CT molecular complexity index is 1080. The number of benzene rings is 3. The van der Waals surface area contributed by atoms with E-state index in [0.717, 1.165) is 21.6 Å². The average Bonchev–Trinajstić information content (AvgIpc) is 2.82. The predicted octanol–water partition coefficient (Wildman–Crippen LogP) is 5.56. The topological polar surface area (TPSA) is 49.4 Å². The van der Waals surface area contributed by atoms with E-state index in [-0.39, 0.29) is 23.6 Å². The Balaban J connectivity index is 1.91. The van der Waals surface area contributed by atoms with Crippen LogP contribution in [-0.4, -0.2) is 34.6 Å². The first-order valence-corrected chi connectivity index (χ1v) is 12.7. The number of carbonyl (C=O) groups is 2. The molecule has 0 radical (unpaired) electrons. The van der Waals surface area contributed by atoms with Crippen LogP contribution in [0.25, 0.3) is 0 Å². The fourth-order valence-electron chi connectivity index (χ4n) is 3.77. The highest BCUT2D eigenvalue weighted by atomic mass is 32.2. The Labute approximate surface area is 207 Å². The van der Waals surface area contributed by atoms with Gasteiger partial charge in [-0.05, 0) is 56.5 Å². The summed E-state index contributed by atoms with van der Waals surface area (Å²) in [6.07, 6.45) is 0.464. The molecule has 2 amide bonds. The van der Waals surface area contributed by atoms with Crippen molar-refractivity contribution in [2.24, 2.45) is 0 Å². The Morgan fingerprint density at radius 3 is 2.18 bits per heavy atom. The molecule has 0 unspecified atom stereocenters. The fourth-order valence-corrected chi connectivity index (χ4v) is 4.55. The second-order valence-electron chi connectivity index (χ2n) is 8.92. The highest BCUT2D eigenvalue weighted by molar-refractivity contribution is 8.00. The third-order valence-electron chi connectivity index (χ3n) is 5.69. The van der Waals surface area contributed by atoms with Gasteiger partial charge in [0.25, 0.3) is 0 Å². The van der Waals surface area contributed by atoms with Gasteiger partial charge in [-0.3, -0.25) is 9.59 Å². The van der Waals surface area contributed by atoms with Crippen LogP contribution in [0.1, 0.15) is 36.1 Å². The van der Waals surface area contributed by atoms with E-state index in [9.17, 15) is 9.59 Å². The van der Waals surface area contributed by atoms with Gasteiger partial charge < -0.3 is 10.2 Å². The molecule has 0 spiro atoms. The van der Waals surface area contributed by atoms with Gasteiger partial charge in [-0.15, -0.1) is 11.8 Å². The van der Waals surface area contributed by atoms with Crippen molar-refractivity contribution in [2.75, 3.05) is 5.75 Å². The molecule has 0 aliphatic rings. The minimum atomic E-state index is -0.601. The van der Waals surface area contributed by atoms with Crippen LogP contribution in [0.3, 0.4) is 0 Å². The minimum absolute atomic E-state index is 0.0110. The summed E-state index contributed by atoms with van der Waals surface area (Å²) in [4.78, 5) is 29.8. The lowest BCUT2D eigenvalue weighted by Gasteiger charge is -2.32. The zero-order valence-electron chi connectivity index (χ0n) is 20.5. The molecule has 0 heterocycles. The van der Waals surface area contributed by atoms with Gasteiger partial charge in [-0.1, -0.05) is 72.3 Å². The molecular weight excluding hydrogens is 440 g/mol. The predicted molar refractivity (Wildman–Crippen MR) is 141 cm³/mol. The third kappa shape index (κ3) is 7.49. The Hall–Kier alpha value is -3.05. The molecule has 0 aliphatic carbocycles. The molecule has 1 atom stereocenters. The summed E-state index contributed by atoms with van der Waals surface area (Å²) >= 11 is 1.51. The number of hydrogen-bond acceptors (Lipinski definition) is 3. The van der Waals surface area contributed by atoms with Crippen molar-refractivity contribution in [3.8, 4) is 0 Å². The molecule has 3 aromatic carbocycles. The summed E-state index contributed by atoms with van der Waals surface area (Å²) in [5.74, 6) is 0.102. The van der Waals surface area contributed by atoms with Gasteiger partial charge in [0.15, 0.2) is 0 Å². The maximum absolute atomic E-state index is 13.6. The van der Waals surface area contributed by atoms with Crippen molar-refractivity contribution in [1.29, 1.82) is 0 Å². The summed E-state index contributed by atoms with van der Waals surface area (Å²) in [5.41, 5.74) is 4.37. The maximum Gasteiger partial charge on any atom is 0.243 e. The van der Waals surface area contributed by atoms with E-state index in [1.54, 1.807) is 4.90 Å². The molecule has 1 N–H and O–H groups in total. The van der Waals surface area contributed by atoms with E-state index in [2.05, 4.69) is 5.32 Å². The zero-order chi connectivity index (χ0) is 24.5. The number of nitrogens with one attached hydrogen (secondary N) is 1. The molecule has 0 saturated carbocycles. The van der Waals surface area contributed by atoms with Crippen LogP contribution >= 0.6 is 11.8 Å². The van der Waals surface area contributed by atoms with E-state index in [4.69, 9.17) is 0 Å². The molecule has 34 heavy (non-hydrogen) atoms. The van der Waals surface area contributed by atoms with E-state index in [1.807, 2.05) is 107 Å². The molecule has 0 bridgehead atoms. The number of amides is 2. The van der Waals surface area contributed by atoms with Gasteiger partial charge in [0, 0.05) is 23.9 Å². The first kappa shape index (κ1) is 25.6. The van der Waals surface area contributed by atoms with Crippen LogP contribution in [0.15, 0.2) is 83.8 Å². The summed E-state index contributed by atoms with van der Waals surface area (Å²) in [5, 5.41) is 3.04. The van der Waals surface area contributed by atoms with Crippen molar-refractivity contribution < 1.29 is 9.59 Å². The van der Waals surface area contributed by atoms with Crippen LogP contribution < -0.4 is 5.32 Å². The van der Waals surface area contributed by atoms with E-state index in [1.165, 1.54) is 17.3 Å². The fraction of sp³-hybridized carbons (Fsp3) is 0.310. The summed E-state index contributed by atoms with van der Waals surface area (Å²) in [6.45, 7) is 8.36. The summed E-state index contributed by atoms with van der Waals surface area (Å²) in [7, 11) is 0. The van der Waals surface area contributed by atoms with Crippen molar-refractivity contribution in [2.45, 2.75) is 57.6 Å². The van der Waals surface area contributed by atoms with Gasteiger partial charge in [0.1, 0.15) is 6.04 Å². The first-order chi connectivity index (χ1) is 16.3. The minimum Gasteiger partial charge on any atom is -0.352 e. The number of rotatable bonds is 10. The molecule has 0 fully saturated rings. The molecule has 178 valence electrons. The third-order valence-corrected chi connectivity index (χ3v) is 6.68. The molecule has 0 aromatic heterocycles. The van der Waals surface area contributed by atoms with E-state index < -0.39 is 6.04 Å². The Morgan fingerprint density at radius 2 is 1.53 bits per heavy atom. The second kappa shape index (κ2) is 12.4. The van der Waals surface area contributed by atoms with Crippen molar-refractivity contribution >= 4 is 23.6 Å². The zero-order valence-corrected chi connectivity index (χ0v) is 21.3. The Morgan fingerprint density at radius 1 is 0.882 bits per heavy atom. The Kier molecular flexibility index (Phi) is 9.34. The lowest BCUT2D eigenvalue weighted by molar-refractivity contribution is -0.139. The number of nitrogens with zero attached hydrogens (tertiary/aromatic N) is 1. The van der Waals surface area contributed by atoms with E-state index in [0.29, 0.717) is 13.0 Å². The van der Waals surface area contributed by atoms with Crippen LogP contribution in [0.5, 0.6) is 0 Å². The normalized spacial score (nSPS) is 11.8. The molecular formula is C29H34N2O2S. The molecule has 3 aromatic rings. The van der Waals surface area contributed by atoms with Crippen molar-refractivity contribution in [1.82, 2.24) is 10.2 Å². The number of thioether (sulfide) groups is 1. The highest BCUT2D eigenvalue weighted by Crippen LogP contribution is 2.22. The highest BCUT2D eigenvalue weighted by Gasteiger charge is 2.31. The van der Waals surface area contributed by atoms with Crippen LogP contribution in [-0.2, 0) is 22.6 Å². The van der Waals surface area contributed by atoms with Crippen LogP contribution in [0.4, 0.5) is 0 Å². The van der Waals surface area contributed by atoms with Gasteiger partial charge >= 0.3 is 0 Å². The van der Waals surface area contributed by atoms with E-state index >= 15 is 0 Å². The molecule has 4 nitrogen and oxygen atoms in total. The lowest BCUT2D eigenvalue weighted by Crippen LogP contribution is -2.52. The number of carbonyl (C=O) groups excluding carboxylic acids is 2. The van der Waals surface area contributed by atoms with Crippen molar-refractivity contribution in [3.05, 3.63) is 101 Å². The SMILES string of the molecule is Cc1ccc(SCC(=O)N(Cc2ccccc2C)[C@@H](Cc2ccccc2)C(=O)NC(C)C)cc1. The number of hydrogen-bond donors (Lipinski definition) is 1. The van der Waals surface area contributed by atoms with Crippen LogP contribution in [0, 0.1) is 13.8 Å². The molecule has 5 heteroatoms. The number of aryl methyl sites for hydroxylation is 2. The first-order valence-electron chi connectivity index (χ1n) is 11.7. The summed E-state index contributed by atoms with van der Waals surface area (Å²) < 4.78 is 0. The van der Waals surface area contributed by atoms with Gasteiger partial charge in [0.05, 0.1) is 5.75 Å². The van der Waals surface area contributed by atoms with Gasteiger partial charge in [0.2, 0.25) is 11.8 Å². The molecule has 3 rings (SSSR count). The standard InChI is InChI=1S/C29H34N2O2S/c1-21(2)30-29(33)27(18-24-11-6-5-7-12-24)31(19-25-13-9-8-10-23(25)4)28(32)20-34-26-16-14-22(3)15-17-26/h5-17,21,27H,18-20H2,1-4H3,(H,30,33)/t27-/m0/s1. The summed E-state index contributed by atoms with van der Waals surface area (Å²) in [6, 6.07) is 25.5. The monoisotopic (exact) mass is 474 g/mol. The van der Waals surface area contributed by atoms with Gasteiger partial charge in [-0.25, -0.2) is 0 Å². The maximum atomic E-state index is 13.6. The largest absolute Gasteiger partial charge is 0.352 e.